The van der Waals surface area contributed by atoms with Crippen LogP contribution in [0.3, 0.4) is 0 Å². The van der Waals surface area contributed by atoms with E-state index in [1.807, 2.05) is 20.8 Å². The highest BCUT2D eigenvalue weighted by atomic mass is 19.1. The molecule has 0 heterocycles. The van der Waals surface area contributed by atoms with Gasteiger partial charge in [-0.15, -0.1) is 0 Å². The number of nitrogens with two attached hydrogens (primary N) is 1. The normalized spacial score (nSPS) is 26.4. The highest BCUT2D eigenvalue weighted by molar-refractivity contribution is 6.24. The fourth-order valence-electron chi connectivity index (χ4n) is 5.91. The van der Waals surface area contributed by atoms with E-state index in [0.29, 0.717) is 0 Å². The summed E-state index contributed by atoms with van der Waals surface area (Å²) in [7, 11) is 2.99. The zero-order chi connectivity index (χ0) is 30.1. The summed E-state index contributed by atoms with van der Waals surface area (Å²) in [4.78, 5) is 52.8. The van der Waals surface area contributed by atoms with Crippen LogP contribution < -0.4 is 16.4 Å². The molecule has 12 nitrogen and oxygen atoms in total. The second-order valence-corrected chi connectivity index (χ2v) is 11.7. The van der Waals surface area contributed by atoms with E-state index in [4.69, 9.17) is 5.73 Å². The van der Waals surface area contributed by atoms with Crippen LogP contribution in [0.25, 0.3) is 5.76 Å². The lowest BCUT2D eigenvalue weighted by molar-refractivity contribution is -0.153. The van der Waals surface area contributed by atoms with Gasteiger partial charge in [0.25, 0.3) is 5.91 Å². The maximum atomic E-state index is 15.1. The largest absolute Gasteiger partial charge is 0.508 e. The number of rotatable bonds is 5. The topological polar surface area (TPSA) is 203 Å². The number of Topliss-reactive ketones (excluding diaryl/α,β-unsaturated/α-hetero) is 2. The lowest BCUT2D eigenvalue weighted by atomic mass is 9.57. The fraction of sp³-hybridized carbons (Fsp3) is 0.481. The molecule has 216 valence electrons. The summed E-state index contributed by atoms with van der Waals surface area (Å²) in [5, 5.41) is 49.8. The molecular formula is C27H33FN4O8. The molecule has 4 atom stereocenters. The van der Waals surface area contributed by atoms with Crippen LogP contribution in [0, 0.1) is 17.7 Å². The average molecular weight is 561 g/mol. The molecular weight excluding hydrogens is 527 g/mol. The van der Waals surface area contributed by atoms with Gasteiger partial charge in [0.2, 0.25) is 11.7 Å². The second kappa shape index (κ2) is 9.68. The minimum atomic E-state index is -2.78. The summed E-state index contributed by atoms with van der Waals surface area (Å²) in [5.41, 5.74) is 0.00974. The van der Waals surface area contributed by atoms with E-state index in [-0.39, 0.29) is 36.1 Å². The molecule has 3 aliphatic carbocycles. The maximum Gasteiger partial charge on any atom is 0.255 e. The number of carbonyl (C=O) groups is 4. The van der Waals surface area contributed by atoms with Crippen molar-refractivity contribution in [3.63, 3.8) is 0 Å². The van der Waals surface area contributed by atoms with Gasteiger partial charge in [-0.3, -0.25) is 24.1 Å². The molecule has 13 heteroatoms. The Kier molecular flexibility index (Phi) is 7.06. The number of amides is 2. The number of hydrogen-bond donors (Lipinski definition) is 7. The summed E-state index contributed by atoms with van der Waals surface area (Å²) in [6.07, 6.45) is -0.191. The van der Waals surface area contributed by atoms with Crippen LogP contribution in [-0.2, 0) is 25.6 Å². The maximum absolute atomic E-state index is 15.1. The SMILES string of the molecule is CN(C)[C@@H]1C(=O)C(C(N)=O)=C(O)[C@@]2(O)C(=O)C3=C(O)c4c(cc(F)c(NC(=O)CNC(C)(C)C)c4O)C[C@H]3C[C@@H]12. The molecule has 0 aromatic heterocycles. The number of fused-ring (bicyclic) bond motifs is 3. The van der Waals surface area contributed by atoms with E-state index >= 15 is 4.39 Å². The number of nitrogens with one attached hydrogen (secondary N) is 2. The van der Waals surface area contributed by atoms with Gasteiger partial charge in [-0.2, -0.15) is 0 Å². The average Bonchev–Trinajstić information content (AvgIpc) is 2.81. The molecule has 1 saturated carbocycles. The Labute approximate surface area is 229 Å². The Balaban J connectivity index is 1.83. The molecule has 0 saturated heterocycles. The Morgan fingerprint density at radius 1 is 1.20 bits per heavy atom. The lowest BCUT2D eigenvalue weighted by Crippen LogP contribution is -2.65. The first-order chi connectivity index (χ1) is 18.4. The molecule has 0 radical (unpaired) electrons. The van der Waals surface area contributed by atoms with Crippen LogP contribution >= 0.6 is 0 Å². The third kappa shape index (κ3) is 4.43. The van der Waals surface area contributed by atoms with E-state index in [1.54, 1.807) is 0 Å². The number of primary amides is 1. The number of aliphatic hydroxyl groups is 3. The zero-order valence-electron chi connectivity index (χ0n) is 22.8. The molecule has 8 N–H and O–H groups in total. The Morgan fingerprint density at radius 3 is 2.38 bits per heavy atom. The van der Waals surface area contributed by atoms with Crippen molar-refractivity contribution in [3.05, 3.63) is 39.9 Å². The van der Waals surface area contributed by atoms with Gasteiger partial charge in [-0.05, 0) is 65.3 Å². The molecule has 0 aliphatic heterocycles. The predicted octanol–water partition coefficient (Wildman–Crippen LogP) is 0.430. The molecule has 0 bridgehead atoms. The highest BCUT2D eigenvalue weighted by Crippen LogP contribution is 2.53. The van der Waals surface area contributed by atoms with Gasteiger partial charge in [0.15, 0.2) is 23.0 Å². The molecule has 1 aromatic carbocycles. The second-order valence-electron chi connectivity index (χ2n) is 11.7. The van der Waals surface area contributed by atoms with Crippen molar-refractivity contribution in [2.45, 2.75) is 50.8 Å². The number of aliphatic hydroxyl groups excluding tert-OH is 2. The smallest absolute Gasteiger partial charge is 0.255 e. The predicted molar refractivity (Wildman–Crippen MR) is 141 cm³/mol. The van der Waals surface area contributed by atoms with Gasteiger partial charge in [0.05, 0.1) is 18.2 Å². The lowest BCUT2D eigenvalue weighted by Gasteiger charge is -2.50. The Bertz CT molecular complexity index is 1410. The van der Waals surface area contributed by atoms with Crippen LogP contribution in [0.4, 0.5) is 10.1 Å². The molecule has 3 aliphatic rings. The van der Waals surface area contributed by atoms with Crippen molar-refractivity contribution in [2.75, 3.05) is 26.0 Å². The molecule has 2 amide bonds. The number of aromatic hydroxyl groups is 1. The summed E-state index contributed by atoms with van der Waals surface area (Å²) in [5.74, 6) is -9.91. The van der Waals surface area contributed by atoms with Crippen molar-refractivity contribution >= 4 is 34.8 Å². The van der Waals surface area contributed by atoms with Gasteiger partial charge >= 0.3 is 0 Å². The number of likely N-dealkylation sites (N-methyl/N-ethyl adjacent to an activating group) is 1. The van der Waals surface area contributed by atoms with Crippen molar-refractivity contribution in [3.8, 4) is 5.75 Å². The third-order valence-electron chi connectivity index (χ3n) is 7.71. The van der Waals surface area contributed by atoms with Crippen LogP contribution in [0.5, 0.6) is 5.75 Å². The first kappa shape index (κ1) is 29.2. The number of phenols is 1. The number of benzene rings is 1. The van der Waals surface area contributed by atoms with Gasteiger partial charge in [-0.1, -0.05) is 0 Å². The van der Waals surface area contributed by atoms with E-state index in [9.17, 15) is 39.6 Å². The molecule has 1 aromatic rings. The summed E-state index contributed by atoms with van der Waals surface area (Å²) < 4.78 is 15.1. The van der Waals surface area contributed by atoms with E-state index < -0.39 is 86.7 Å². The van der Waals surface area contributed by atoms with Crippen molar-refractivity contribution in [1.82, 2.24) is 10.2 Å². The first-order valence-corrected chi connectivity index (χ1v) is 12.7. The standard InChI is InChI=1S/C27H33FN4O8/c1-26(2,3)30-9-14(33)31-18-13(28)8-11-6-10-7-12-19(32(4)5)22(36)17(25(29)39)24(38)27(12,40)23(37)16(10)20(34)15(11)21(18)35/h8,10,12,19,30,34-35,38,40H,6-7,9H2,1-5H3,(H2,29,39)(H,31,33)/t10-,12-,19-,27-/m0/s1. The summed E-state index contributed by atoms with van der Waals surface area (Å²) in [6.45, 7) is 5.25. The minimum Gasteiger partial charge on any atom is -0.508 e. The molecule has 4 rings (SSSR count). The minimum absolute atomic E-state index is 0.0706. The molecule has 0 unspecified atom stereocenters. The zero-order valence-corrected chi connectivity index (χ0v) is 22.8. The number of phenolic OH excluding ortho intramolecular Hbond substituents is 1. The number of nitrogens with zero attached hydrogens (tertiary/aromatic N) is 1. The van der Waals surface area contributed by atoms with E-state index in [2.05, 4.69) is 10.6 Å². The molecule has 0 spiro atoms. The number of carbonyl (C=O) groups excluding carboxylic acids is 4. The first-order valence-electron chi connectivity index (χ1n) is 12.7. The Morgan fingerprint density at radius 2 is 1.82 bits per heavy atom. The van der Waals surface area contributed by atoms with Crippen LogP contribution in [-0.4, -0.2) is 86.5 Å². The third-order valence-corrected chi connectivity index (χ3v) is 7.71. The summed E-state index contributed by atoms with van der Waals surface area (Å²) in [6, 6.07) is -0.195. The monoisotopic (exact) mass is 560 g/mol. The molecule has 40 heavy (non-hydrogen) atoms. The highest BCUT2D eigenvalue weighted by Gasteiger charge is 2.64. The Hall–Kier alpha value is -3.81. The molecule has 1 fully saturated rings. The van der Waals surface area contributed by atoms with Crippen molar-refractivity contribution in [1.29, 1.82) is 0 Å². The van der Waals surface area contributed by atoms with Gasteiger partial charge in [0, 0.05) is 17.0 Å². The quantitative estimate of drug-likeness (QED) is 0.195. The van der Waals surface area contributed by atoms with Crippen molar-refractivity contribution < 1.29 is 44.0 Å². The summed E-state index contributed by atoms with van der Waals surface area (Å²) >= 11 is 0. The van der Waals surface area contributed by atoms with Crippen LogP contribution in [0.1, 0.15) is 38.3 Å². The number of ketones is 2. The fourth-order valence-corrected chi connectivity index (χ4v) is 5.91. The van der Waals surface area contributed by atoms with E-state index in [0.717, 1.165) is 6.07 Å². The number of halogens is 1. The van der Waals surface area contributed by atoms with Crippen LogP contribution in [0.15, 0.2) is 23.0 Å². The van der Waals surface area contributed by atoms with Crippen molar-refractivity contribution in [2.24, 2.45) is 17.6 Å². The number of anilines is 1. The van der Waals surface area contributed by atoms with Gasteiger partial charge in [0.1, 0.15) is 22.8 Å². The number of hydrogen-bond acceptors (Lipinski definition) is 10. The van der Waals surface area contributed by atoms with Gasteiger partial charge < -0.3 is 36.8 Å². The van der Waals surface area contributed by atoms with Crippen LogP contribution in [0.2, 0.25) is 0 Å². The van der Waals surface area contributed by atoms with E-state index in [1.165, 1.54) is 19.0 Å². The van der Waals surface area contributed by atoms with Gasteiger partial charge in [-0.25, -0.2) is 4.39 Å².